The van der Waals surface area contributed by atoms with Crippen LogP contribution in [0.25, 0.3) is 10.9 Å². The first-order valence-electron chi connectivity index (χ1n) is 8.01. The van der Waals surface area contributed by atoms with Crippen molar-refractivity contribution in [2.45, 2.75) is 51.7 Å². The van der Waals surface area contributed by atoms with Gasteiger partial charge in [0, 0.05) is 32.3 Å². The highest BCUT2D eigenvalue weighted by Crippen LogP contribution is 2.29. The van der Waals surface area contributed by atoms with Crippen LogP contribution in [0.5, 0.6) is 0 Å². The molecule has 1 saturated carbocycles. The fourth-order valence-corrected chi connectivity index (χ4v) is 2.94. The lowest BCUT2D eigenvalue weighted by atomic mass is 10.0. The summed E-state index contributed by atoms with van der Waals surface area (Å²) >= 11 is 0. The fourth-order valence-electron chi connectivity index (χ4n) is 2.94. The Bertz CT molecular complexity index is 663. The minimum absolute atomic E-state index is 0.161. The molecule has 0 amide bonds. The summed E-state index contributed by atoms with van der Waals surface area (Å²) in [5.41, 5.74) is 2.62. The summed E-state index contributed by atoms with van der Waals surface area (Å²) in [5.74, 6) is -0.174. The Morgan fingerprint density at radius 3 is 2.91 bits per heavy atom. The first-order valence-corrected chi connectivity index (χ1v) is 8.01. The maximum Gasteiger partial charge on any atom is 0.134 e. The standard InChI is InChI=1S/C17H24FN3O/c1-11(19-14-5-6-14)13-9-15(18)17-12(2)20-21(16(17)10-13)7-4-8-22-3/h9-11,14,19H,4-8H2,1-3H3. The molecular weight excluding hydrogens is 281 g/mol. The van der Waals surface area contributed by atoms with Crippen LogP contribution in [0.1, 0.15) is 43.5 Å². The highest BCUT2D eigenvalue weighted by molar-refractivity contribution is 5.83. The Hall–Kier alpha value is -1.46. The van der Waals surface area contributed by atoms with Gasteiger partial charge in [-0.3, -0.25) is 4.68 Å². The van der Waals surface area contributed by atoms with E-state index in [1.165, 1.54) is 12.8 Å². The summed E-state index contributed by atoms with van der Waals surface area (Å²) in [5, 5.41) is 8.66. The second-order valence-corrected chi connectivity index (χ2v) is 6.21. The smallest absolute Gasteiger partial charge is 0.134 e. The van der Waals surface area contributed by atoms with Gasteiger partial charge >= 0.3 is 0 Å². The van der Waals surface area contributed by atoms with Gasteiger partial charge in [0.15, 0.2) is 0 Å². The van der Waals surface area contributed by atoms with Crippen LogP contribution in [-0.4, -0.2) is 29.5 Å². The van der Waals surface area contributed by atoms with Gasteiger partial charge in [-0.2, -0.15) is 5.10 Å². The van der Waals surface area contributed by atoms with E-state index in [0.717, 1.165) is 29.7 Å². The van der Waals surface area contributed by atoms with Gasteiger partial charge in [0.2, 0.25) is 0 Å². The molecule has 1 N–H and O–H groups in total. The summed E-state index contributed by atoms with van der Waals surface area (Å²) in [7, 11) is 1.69. The van der Waals surface area contributed by atoms with Gasteiger partial charge in [0.25, 0.3) is 0 Å². The normalized spacial score (nSPS) is 16.4. The molecule has 1 aliphatic carbocycles. The van der Waals surface area contributed by atoms with Crippen molar-refractivity contribution in [2.24, 2.45) is 0 Å². The molecule has 0 saturated heterocycles. The van der Waals surface area contributed by atoms with Crippen molar-refractivity contribution in [2.75, 3.05) is 13.7 Å². The van der Waals surface area contributed by atoms with Gasteiger partial charge in [0.05, 0.1) is 16.6 Å². The van der Waals surface area contributed by atoms with Crippen molar-refractivity contribution in [3.05, 3.63) is 29.2 Å². The molecule has 1 atom stereocenters. The lowest BCUT2D eigenvalue weighted by molar-refractivity contribution is 0.189. The number of hydrogen-bond acceptors (Lipinski definition) is 3. The van der Waals surface area contributed by atoms with Crippen LogP contribution in [0.15, 0.2) is 12.1 Å². The Morgan fingerprint density at radius 2 is 2.23 bits per heavy atom. The predicted octanol–water partition coefficient (Wildman–Crippen LogP) is 3.33. The Kier molecular flexibility index (Phi) is 4.45. The lowest BCUT2D eigenvalue weighted by Crippen LogP contribution is -2.20. The third kappa shape index (κ3) is 3.15. The molecule has 0 bridgehead atoms. The molecule has 2 aromatic rings. The molecule has 4 nitrogen and oxygen atoms in total. The van der Waals surface area contributed by atoms with E-state index in [9.17, 15) is 4.39 Å². The molecule has 1 unspecified atom stereocenters. The van der Waals surface area contributed by atoms with Crippen molar-refractivity contribution < 1.29 is 9.13 Å². The highest BCUT2D eigenvalue weighted by atomic mass is 19.1. The van der Waals surface area contributed by atoms with Crippen molar-refractivity contribution in [3.8, 4) is 0 Å². The number of hydrogen-bond donors (Lipinski definition) is 1. The van der Waals surface area contributed by atoms with Gasteiger partial charge in [-0.15, -0.1) is 0 Å². The number of nitrogens with zero attached hydrogens (tertiary/aromatic N) is 2. The third-order valence-corrected chi connectivity index (χ3v) is 4.28. The molecule has 120 valence electrons. The largest absolute Gasteiger partial charge is 0.385 e. The summed E-state index contributed by atoms with van der Waals surface area (Å²) in [6, 6.07) is 4.48. The van der Waals surface area contributed by atoms with Crippen LogP contribution in [0.4, 0.5) is 4.39 Å². The van der Waals surface area contributed by atoms with Crippen LogP contribution in [0, 0.1) is 12.7 Å². The Morgan fingerprint density at radius 1 is 1.45 bits per heavy atom. The quantitative estimate of drug-likeness (QED) is 0.798. The van der Waals surface area contributed by atoms with Crippen LogP contribution < -0.4 is 5.32 Å². The van der Waals surface area contributed by atoms with Crippen molar-refractivity contribution >= 4 is 10.9 Å². The second kappa shape index (κ2) is 6.34. The molecular formula is C17H24FN3O. The van der Waals surface area contributed by atoms with Gasteiger partial charge in [-0.1, -0.05) is 0 Å². The van der Waals surface area contributed by atoms with E-state index in [0.29, 0.717) is 18.0 Å². The maximum absolute atomic E-state index is 14.5. The van der Waals surface area contributed by atoms with Gasteiger partial charge in [-0.25, -0.2) is 4.39 Å². The minimum Gasteiger partial charge on any atom is -0.385 e. The van der Waals surface area contributed by atoms with Gasteiger partial charge in [-0.05, 0) is 50.8 Å². The summed E-state index contributed by atoms with van der Waals surface area (Å²) in [6.07, 6.45) is 3.32. The summed E-state index contributed by atoms with van der Waals surface area (Å²) in [4.78, 5) is 0. The average Bonchev–Trinajstić information content (AvgIpc) is 3.23. The summed E-state index contributed by atoms with van der Waals surface area (Å²) in [6.45, 7) is 5.38. The maximum atomic E-state index is 14.5. The van der Waals surface area contributed by atoms with Crippen LogP contribution in [-0.2, 0) is 11.3 Å². The number of ether oxygens (including phenoxy) is 1. The Balaban J connectivity index is 1.92. The number of halogens is 1. The first kappa shape index (κ1) is 15.4. The number of rotatable bonds is 7. The highest BCUT2D eigenvalue weighted by Gasteiger charge is 2.24. The number of aromatic nitrogens is 2. The zero-order chi connectivity index (χ0) is 15.7. The molecule has 1 aromatic carbocycles. The van der Waals surface area contributed by atoms with E-state index in [2.05, 4.69) is 23.4 Å². The van der Waals surface area contributed by atoms with Gasteiger partial charge < -0.3 is 10.1 Å². The molecule has 0 radical (unpaired) electrons. The van der Waals surface area contributed by atoms with E-state index in [-0.39, 0.29) is 11.9 Å². The molecule has 1 heterocycles. The number of aryl methyl sites for hydroxylation is 2. The number of benzene rings is 1. The fraction of sp³-hybridized carbons (Fsp3) is 0.588. The SMILES string of the molecule is COCCCn1nc(C)c2c(F)cc(C(C)NC3CC3)cc21. The number of fused-ring (bicyclic) bond motifs is 1. The molecule has 5 heteroatoms. The van der Waals surface area contributed by atoms with E-state index in [1.54, 1.807) is 13.2 Å². The topological polar surface area (TPSA) is 39.1 Å². The predicted molar refractivity (Wildman–Crippen MR) is 85.5 cm³/mol. The van der Waals surface area contributed by atoms with Crippen molar-refractivity contribution in [3.63, 3.8) is 0 Å². The zero-order valence-corrected chi connectivity index (χ0v) is 13.5. The molecule has 1 aliphatic rings. The monoisotopic (exact) mass is 305 g/mol. The van der Waals surface area contributed by atoms with E-state index >= 15 is 0 Å². The van der Waals surface area contributed by atoms with E-state index < -0.39 is 0 Å². The lowest BCUT2D eigenvalue weighted by Gasteiger charge is -2.14. The summed E-state index contributed by atoms with van der Waals surface area (Å²) < 4.78 is 21.5. The number of methoxy groups -OCH3 is 1. The van der Waals surface area contributed by atoms with Crippen LogP contribution in [0.2, 0.25) is 0 Å². The van der Waals surface area contributed by atoms with Crippen LogP contribution >= 0.6 is 0 Å². The molecule has 3 rings (SSSR count). The zero-order valence-electron chi connectivity index (χ0n) is 13.5. The second-order valence-electron chi connectivity index (χ2n) is 6.21. The molecule has 22 heavy (non-hydrogen) atoms. The molecule has 0 aliphatic heterocycles. The van der Waals surface area contributed by atoms with E-state index in [4.69, 9.17) is 4.74 Å². The Labute approximate surface area is 130 Å². The van der Waals surface area contributed by atoms with Gasteiger partial charge in [0.1, 0.15) is 5.82 Å². The van der Waals surface area contributed by atoms with Crippen molar-refractivity contribution in [1.82, 2.24) is 15.1 Å². The number of nitrogens with one attached hydrogen (secondary N) is 1. The van der Waals surface area contributed by atoms with E-state index in [1.807, 2.05) is 11.6 Å². The van der Waals surface area contributed by atoms with Crippen LogP contribution in [0.3, 0.4) is 0 Å². The molecule has 1 aromatic heterocycles. The van der Waals surface area contributed by atoms with Crippen molar-refractivity contribution in [1.29, 1.82) is 0 Å². The average molecular weight is 305 g/mol. The molecule has 1 fully saturated rings. The first-order chi connectivity index (χ1) is 10.6. The minimum atomic E-state index is -0.174. The third-order valence-electron chi connectivity index (χ3n) is 4.28. The molecule has 0 spiro atoms.